The first-order chi connectivity index (χ1) is 8.20. The maximum Gasteiger partial charge on any atom is 0.331 e. The Morgan fingerprint density at radius 3 is 2.94 bits per heavy atom. The fraction of sp³-hybridized carbons (Fsp3) is 0.400. The van der Waals surface area contributed by atoms with E-state index in [4.69, 9.17) is 4.74 Å². The average molecular weight is 228 g/mol. The molecule has 0 saturated carbocycles. The van der Waals surface area contributed by atoms with Crippen molar-refractivity contribution in [2.45, 2.75) is 38.2 Å². The van der Waals surface area contributed by atoms with Crippen LogP contribution in [0.1, 0.15) is 37.3 Å². The number of carbonyl (C=O) groups is 1. The van der Waals surface area contributed by atoms with Gasteiger partial charge in [0.1, 0.15) is 5.60 Å². The minimum atomic E-state index is -0.384. The number of hydrogen-bond donors (Lipinski definition) is 0. The molecule has 1 aromatic carbocycles. The van der Waals surface area contributed by atoms with Crippen molar-refractivity contribution in [2.24, 2.45) is 0 Å². The largest absolute Gasteiger partial charge is 0.451 e. The molecule has 2 aliphatic rings. The highest BCUT2D eigenvalue weighted by Gasteiger charge is 2.41. The van der Waals surface area contributed by atoms with Crippen LogP contribution in [0.15, 0.2) is 35.9 Å². The smallest absolute Gasteiger partial charge is 0.331 e. The summed E-state index contributed by atoms with van der Waals surface area (Å²) in [5.41, 5.74) is 3.29. The van der Waals surface area contributed by atoms with Gasteiger partial charge in [0.25, 0.3) is 0 Å². The highest BCUT2D eigenvalue weighted by Crippen LogP contribution is 2.44. The van der Waals surface area contributed by atoms with Gasteiger partial charge < -0.3 is 4.74 Å². The molecule has 0 N–H and O–H groups in total. The Kier molecular flexibility index (Phi) is 2.32. The first kappa shape index (κ1) is 10.6. The summed E-state index contributed by atoms with van der Waals surface area (Å²) in [6.07, 6.45) is 5.59. The summed E-state index contributed by atoms with van der Waals surface area (Å²) >= 11 is 0. The highest BCUT2D eigenvalue weighted by atomic mass is 16.6. The van der Waals surface area contributed by atoms with E-state index in [9.17, 15) is 4.79 Å². The van der Waals surface area contributed by atoms with E-state index in [1.807, 2.05) is 13.0 Å². The molecule has 88 valence electrons. The van der Waals surface area contributed by atoms with Gasteiger partial charge in [-0.05, 0) is 37.3 Å². The molecule has 1 aliphatic heterocycles. The van der Waals surface area contributed by atoms with Crippen molar-refractivity contribution in [3.05, 3.63) is 47.0 Å². The van der Waals surface area contributed by atoms with E-state index in [0.717, 1.165) is 31.3 Å². The van der Waals surface area contributed by atoms with Crippen molar-refractivity contribution in [1.29, 1.82) is 0 Å². The van der Waals surface area contributed by atoms with Gasteiger partial charge in [-0.15, -0.1) is 0 Å². The molecule has 0 radical (unpaired) electrons. The second-order valence-corrected chi connectivity index (χ2v) is 5.09. The lowest BCUT2D eigenvalue weighted by Crippen LogP contribution is -2.38. The monoisotopic (exact) mass is 228 g/mol. The molecule has 0 unspecified atom stereocenters. The van der Waals surface area contributed by atoms with E-state index >= 15 is 0 Å². The van der Waals surface area contributed by atoms with Gasteiger partial charge in [-0.3, -0.25) is 0 Å². The molecule has 0 saturated heterocycles. The summed E-state index contributed by atoms with van der Waals surface area (Å²) in [4.78, 5) is 11.7. The third-order valence-corrected chi connectivity index (χ3v) is 3.76. The van der Waals surface area contributed by atoms with Crippen LogP contribution in [0.4, 0.5) is 0 Å². The van der Waals surface area contributed by atoms with E-state index in [-0.39, 0.29) is 11.6 Å². The Morgan fingerprint density at radius 2 is 2.12 bits per heavy atom. The zero-order valence-electron chi connectivity index (χ0n) is 10.0. The summed E-state index contributed by atoms with van der Waals surface area (Å²) in [6.45, 7) is 2.01. The van der Waals surface area contributed by atoms with Crippen molar-refractivity contribution in [3.63, 3.8) is 0 Å². The molecule has 2 nitrogen and oxygen atoms in total. The minimum Gasteiger partial charge on any atom is -0.451 e. The standard InChI is InChI=1S/C15H16O2/c1-11-9-14(16)17-15(10-11)8-4-6-12-5-2-3-7-13(12)15/h2-3,5,7,9H,4,6,8,10H2,1H3/t15-/m0/s1. The SMILES string of the molecule is CC1=CC(=O)O[C@@]2(CCCc3ccccc32)C1. The molecule has 1 aliphatic carbocycles. The molecular formula is C15H16O2. The predicted molar refractivity (Wildman–Crippen MR) is 65.5 cm³/mol. The lowest BCUT2D eigenvalue weighted by atomic mass is 9.75. The second kappa shape index (κ2) is 3.73. The summed E-state index contributed by atoms with van der Waals surface area (Å²) in [5, 5.41) is 0. The van der Waals surface area contributed by atoms with Gasteiger partial charge in [0, 0.05) is 12.5 Å². The van der Waals surface area contributed by atoms with Crippen LogP contribution in [0.3, 0.4) is 0 Å². The van der Waals surface area contributed by atoms with E-state index in [2.05, 4.69) is 18.2 Å². The van der Waals surface area contributed by atoms with Crippen LogP contribution < -0.4 is 0 Å². The number of carbonyl (C=O) groups excluding carboxylic acids is 1. The molecule has 0 bridgehead atoms. The molecule has 17 heavy (non-hydrogen) atoms. The summed E-state index contributed by atoms with van der Waals surface area (Å²) in [7, 11) is 0. The van der Waals surface area contributed by atoms with Crippen LogP contribution in [0, 0.1) is 0 Å². The van der Waals surface area contributed by atoms with Crippen molar-refractivity contribution in [1.82, 2.24) is 0 Å². The number of aryl methyl sites for hydroxylation is 1. The van der Waals surface area contributed by atoms with Gasteiger partial charge >= 0.3 is 5.97 Å². The van der Waals surface area contributed by atoms with E-state index in [0.29, 0.717) is 0 Å². The van der Waals surface area contributed by atoms with Crippen molar-refractivity contribution in [3.8, 4) is 0 Å². The number of hydrogen-bond acceptors (Lipinski definition) is 2. The maximum atomic E-state index is 11.7. The zero-order chi connectivity index (χ0) is 11.9. The van der Waals surface area contributed by atoms with Gasteiger partial charge in [0.2, 0.25) is 0 Å². The van der Waals surface area contributed by atoms with Crippen LogP contribution in [0.25, 0.3) is 0 Å². The van der Waals surface area contributed by atoms with Gasteiger partial charge in [-0.25, -0.2) is 4.79 Å². The predicted octanol–water partition coefficient (Wildman–Crippen LogP) is 3.11. The van der Waals surface area contributed by atoms with E-state index < -0.39 is 0 Å². The normalized spacial score (nSPS) is 27.4. The lowest BCUT2D eigenvalue weighted by molar-refractivity contribution is -0.158. The zero-order valence-corrected chi connectivity index (χ0v) is 10.0. The molecule has 0 fully saturated rings. The number of ether oxygens (including phenoxy) is 1. The first-order valence-electron chi connectivity index (χ1n) is 6.18. The molecule has 1 heterocycles. The molecule has 1 atom stereocenters. The van der Waals surface area contributed by atoms with Gasteiger partial charge in [0.15, 0.2) is 0 Å². The molecule has 1 aromatic rings. The number of esters is 1. The Bertz CT molecular complexity index is 501. The van der Waals surface area contributed by atoms with Crippen molar-refractivity contribution >= 4 is 5.97 Å². The van der Waals surface area contributed by atoms with Crippen LogP contribution in [-0.2, 0) is 21.6 Å². The molecular weight excluding hydrogens is 212 g/mol. The van der Waals surface area contributed by atoms with Crippen LogP contribution >= 0.6 is 0 Å². The highest BCUT2D eigenvalue weighted by molar-refractivity contribution is 5.84. The Hall–Kier alpha value is -1.57. The van der Waals surface area contributed by atoms with Gasteiger partial charge in [-0.1, -0.05) is 29.8 Å². The Morgan fingerprint density at radius 1 is 1.29 bits per heavy atom. The summed E-state index contributed by atoms with van der Waals surface area (Å²) in [5.74, 6) is -0.189. The van der Waals surface area contributed by atoms with Gasteiger partial charge in [-0.2, -0.15) is 0 Å². The Balaban J connectivity index is 2.10. The maximum absolute atomic E-state index is 11.7. The Labute approximate surface area is 101 Å². The third kappa shape index (κ3) is 1.68. The van der Waals surface area contributed by atoms with Crippen LogP contribution in [0.2, 0.25) is 0 Å². The molecule has 3 rings (SSSR count). The van der Waals surface area contributed by atoms with Gasteiger partial charge in [0.05, 0.1) is 0 Å². The summed E-state index contributed by atoms with van der Waals surface area (Å²) in [6, 6.07) is 8.36. The molecule has 1 spiro atoms. The quantitative estimate of drug-likeness (QED) is 0.638. The fourth-order valence-electron chi connectivity index (χ4n) is 3.13. The topological polar surface area (TPSA) is 26.3 Å². The molecule has 0 amide bonds. The number of rotatable bonds is 0. The number of benzene rings is 1. The van der Waals surface area contributed by atoms with Crippen molar-refractivity contribution in [2.75, 3.05) is 0 Å². The second-order valence-electron chi connectivity index (χ2n) is 5.09. The first-order valence-corrected chi connectivity index (χ1v) is 6.18. The minimum absolute atomic E-state index is 0.189. The molecule has 0 aromatic heterocycles. The van der Waals surface area contributed by atoms with Crippen LogP contribution in [0.5, 0.6) is 0 Å². The van der Waals surface area contributed by atoms with Crippen molar-refractivity contribution < 1.29 is 9.53 Å². The lowest BCUT2D eigenvalue weighted by Gasteiger charge is -2.40. The number of fused-ring (bicyclic) bond motifs is 2. The molecule has 2 heteroatoms. The fourth-order valence-corrected chi connectivity index (χ4v) is 3.13. The van der Waals surface area contributed by atoms with Crippen LogP contribution in [-0.4, -0.2) is 5.97 Å². The average Bonchev–Trinajstić information content (AvgIpc) is 2.28. The summed E-state index contributed by atoms with van der Waals surface area (Å²) < 4.78 is 5.70. The third-order valence-electron chi connectivity index (χ3n) is 3.76. The van der Waals surface area contributed by atoms with E-state index in [1.165, 1.54) is 11.1 Å². The van der Waals surface area contributed by atoms with E-state index in [1.54, 1.807) is 6.08 Å².